The third-order valence-electron chi connectivity index (χ3n) is 3.25. The van der Waals surface area contributed by atoms with E-state index in [1.54, 1.807) is 24.3 Å². The van der Waals surface area contributed by atoms with Crippen LogP contribution in [-0.2, 0) is 21.0 Å². The number of rotatable bonds is 2. The highest BCUT2D eigenvalue weighted by molar-refractivity contribution is 8.01. The smallest absolute Gasteiger partial charge is 0.241 e. The van der Waals surface area contributed by atoms with E-state index in [1.165, 1.54) is 0 Å². The van der Waals surface area contributed by atoms with Gasteiger partial charge in [-0.25, -0.2) is 12.6 Å². The summed E-state index contributed by atoms with van der Waals surface area (Å²) in [5.41, 5.74) is 2.97. The van der Waals surface area contributed by atoms with Gasteiger partial charge in [0.25, 0.3) is 10.0 Å². The van der Waals surface area contributed by atoms with Crippen LogP contribution in [-0.4, -0.2) is 28.6 Å². The fraction of sp³-hybridized carbons (Fsp3) is 0.385. The van der Waals surface area contributed by atoms with E-state index in [-0.39, 0.29) is 17.2 Å². The standard InChI is InChI=1S/C13H17NO3S2/c1-10-4-6-13(7-5-10)19(16,17)14-8-11(2)12(3)9-18(14)15/h4-7H,8-9H2,1-3H3. The molecule has 1 aliphatic heterocycles. The zero-order chi connectivity index (χ0) is 14.2. The maximum Gasteiger partial charge on any atom is 0.254 e. The lowest BCUT2D eigenvalue weighted by molar-refractivity contribution is 0.537. The quantitative estimate of drug-likeness (QED) is 0.785. The van der Waals surface area contributed by atoms with Crippen LogP contribution in [0.4, 0.5) is 0 Å². The van der Waals surface area contributed by atoms with E-state index in [0.29, 0.717) is 0 Å². The van der Waals surface area contributed by atoms with Crippen molar-refractivity contribution < 1.29 is 12.6 Å². The normalized spacial score (nSPS) is 21.7. The van der Waals surface area contributed by atoms with Crippen LogP contribution in [0.3, 0.4) is 0 Å². The van der Waals surface area contributed by atoms with E-state index in [9.17, 15) is 12.6 Å². The summed E-state index contributed by atoms with van der Waals surface area (Å²) in [5.74, 6) is 0.289. The van der Waals surface area contributed by atoms with E-state index in [2.05, 4.69) is 0 Å². The summed E-state index contributed by atoms with van der Waals surface area (Å²) in [4.78, 5) is 0.193. The molecule has 1 aromatic carbocycles. The van der Waals surface area contributed by atoms with Crippen molar-refractivity contribution in [2.75, 3.05) is 12.3 Å². The van der Waals surface area contributed by atoms with E-state index in [4.69, 9.17) is 0 Å². The van der Waals surface area contributed by atoms with Gasteiger partial charge in [-0.2, -0.15) is 0 Å². The van der Waals surface area contributed by atoms with Crippen molar-refractivity contribution >= 4 is 21.0 Å². The van der Waals surface area contributed by atoms with Crippen LogP contribution in [0.25, 0.3) is 0 Å². The van der Waals surface area contributed by atoms with Crippen LogP contribution < -0.4 is 0 Å². The minimum absolute atomic E-state index is 0.193. The second-order valence-electron chi connectivity index (χ2n) is 4.81. The fourth-order valence-electron chi connectivity index (χ4n) is 1.80. The molecule has 6 heteroatoms. The molecule has 0 aliphatic carbocycles. The molecule has 0 N–H and O–H groups in total. The Morgan fingerprint density at radius 3 is 2.21 bits per heavy atom. The Kier molecular flexibility index (Phi) is 3.94. The van der Waals surface area contributed by atoms with Crippen molar-refractivity contribution in [2.24, 2.45) is 0 Å². The van der Waals surface area contributed by atoms with Gasteiger partial charge >= 0.3 is 0 Å². The summed E-state index contributed by atoms with van der Waals surface area (Å²) in [5, 5.41) is 0. The molecule has 2 rings (SSSR count). The average Bonchev–Trinajstić information content (AvgIpc) is 2.34. The Hall–Kier alpha value is -0.980. The summed E-state index contributed by atoms with van der Waals surface area (Å²) < 4.78 is 38.1. The maximum atomic E-state index is 12.5. The Morgan fingerprint density at radius 1 is 1.05 bits per heavy atom. The molecule has 4 nitrogen and oxygen atoms in total. The number of benzene rings is 1. The Bertz CT molecular complexity index is 645. The lowest BCUT2D eigenvalue weighted by atomic mass is 10.2. The number of hydrogen-bond acceptors (Lipinski definition) is 3. The number of sulfonamides is 1. The van der Waals surface area contributed by atoms with Crippen LogP contribution in [0.1, 0.15) is 19.4 Å². The first-order valence-corrected chi connectivity index (χ1v) is 8.67. The zero-order valence-corrected chi connectivity index (χ0v) is 12.8. The fourth-order valence-corrected chi connectivity index (χ4v) is 5.27. The zero-order valence-electron chi connectivity index (χ0n) is 11.2. The molecule has 1 aromatic rings. The first kappa shape index (κ1) is 14.4. The molecule has 0 saturated heterocycles. The van der Waals surface area contributed by atoms with Gasteiger partial charge < -0.3 is 0 Å². The highest BCUT2D eigenvalue weighted by Crippen LogP contribution is 2.24. The van der Waals surface area contributed by atoms with Crippen LogP contribution in [0.15, 0.2) is 40.3 Å². The maximum absolute atomic E-state index is 12.5. The summed E-state index contributed by atoms with van der Waals surface area (Å²) in [7, 11) is -5.20. The molecule has 0 radical (unpaired) electrons. The molecule has 1 unspecified atom stereocenters. The number of hydrogen-bond donors (Lipinski definition) is 0. The molecule has 0 fully saturated rings. The van der Waals surface area contributed by atoms with E-state index in [1.807, 2.05) is 20.8 Å². The molecule has 19 heavy (non-hydrogen) atoms. The molecule has 104 valence electrons. The van der Waals surface area contributed by atoms with Crippen LogP contribution in [0.2, 0.25) is 0 Å². The first-order valence-electron chi connectivity index (χ1n) is 5.95. The molecular weight excluding hydrogens is 282 g/mol. The Balaban J connectivity index is 2.41. The molecule has 0 saturated carbocycles. The molecular formula is C13H17NO3S2. The highest BCUT2D eigenvalue weighted by Gasteiger charge is 2.32. The van der Waals surface area contributed by atoms with Crippen molar-refractivity contribution in [3.8, 4) is 0 Å². The second-order valence-corrected chi connectivity index (χ2v) is 8.27. The van der Waals surface area contributed by atoms with Gasteiger partial charge in [0.05, 0.1) is 10.6 Å². The summed E-state index contributed by atoms with van der Waals surface area (Å²) in [6.07, 6.45) is 0. The van der Waals surface area contributed by atoms with Gasteiger partial charge in [-0.05, 0) is 32.9 Å². The molecule has 0 bridgehead atoms. The van der Waals surface area contributed by atoms with Gasteiger partial charge in [0.15, 0.2) is 0 Å². The summed E-state index contributed by atoms with van der Waals surface area (Å²) >= 11 is 0. The van der Waals surface area contributed by atoms with E-state index in [0.717, 1.165) is 20.4 Å². The van der Waals surface area contributed by atoms with Gasteiger partial charge in [-0.15, -0.1) is 3.71 Å². The SMILES string of the molecule is CC1=C(C)CS(=O)N(S(=O)(=O)c2ccc(C)cc2)C1. The van der Waals surface area contributed by atoms with Gasteiger partial charge in [0.2, 0.25) is 0 Å². The van der Waals surface area contributed by atoms with Crippen LogP contribution in [0, 0.1) is 6.92 Å². The average molecular weight is 299 g/mol. The van der Waals surface area contributed by atoms with E-state index >= 15 is 0 Å². The highest BCUT2D eigenvalue weighted by atomic mass is 32.3. The third-order valence-corrected chi connectivity index (χ3v) is 7.13. The summed E-state index contributed by atoms with van der Waals surface area (Å²) in [6, 6.07) is 6.60. The molecule has 1 atom stereocenters. The van der Waals surface area contributed by atoms with Crippen molar-refractivity contribution in [2.45, 2.75) is 25.7 Å². The lowest BCUT2D eigenvalue weighted by Gasteiger charge is -2.26. The van der Waals surface area contributed by atoms with Crippen LogP contribution in [0.5, 0.6) is 0 Å². The minimum atomic E-state index is -3.69. The first-order chi connectivity index (χ1) is 8.82. The molecule has 1 heterocycles. The van der Waals surface area contributed by atoms with Crippen LogP contribution >= 0.6 is 0 Å². The molecule has 0 aromatic heterocycles. The molecule has 0 spiro atoms. The predicted octanol–water partition coefficient (Wildman–Crippen LogP) is 2.00. The number of aryl methyl sites for hydroxylation is 1. The minimum Gasteiger partial charge on any atom is -0.241 e. The van der Waals surface area contributed by atoms with Gasteiger partial charge in [-0.3, -0.25) is 0 Å². The van der Waals surface area contributed by atoms with Crippen molar-refractivity contribution in [3.63, 3.8) is 0 Å². The third kappa shape index (κ3) is 2.80. The molecule has 0 amide bonds. The number of nitrogens with zero attached hydrogens (tertiary/aromatic N) is 1. The Labute approximate surface area is 116 Å². The molecule has 1 aliphatic rings. The van der Waals surface area contributed by atoms with Gasteiger partial charge in [-0.1, -0.05) is 28.8 Å². The largest absolute Gasteiger partial charge is 0.254 e. The monoisotopic (exact) mass is 299 g/mol. The Morgan fingerprint density at radius 2 is 1.63 bits per heavy atom. The summed E-state index contributed by atoms with van der Waals surface area (Å²) in [6.45, 7) is 5.87. The van der Waals surface area contributed by atoms with Gasteiger partial charge in [0.1, 0.15) is 11.0 Å². The topological polar surface area (TPSA) is 54.5 Å². The second kappa shape index (κ2) is 5.19. The van der Waals surface area contributed by atoms with Crippen molar-refractivity contribution in [1.82, 2.24) is 3.71 Å². The van der Waals surface area contributed by atoms with E-state index < -0.39 is 21.0 Å². The predicted molar refractivity (Wildman–Crippen MR) is 76.5 cm³/mol. The van der Waals surface area contributed by atoms with Crippen molar-refractivity contribution in [3.05, 3.63) is 41.0 Å². The van der Waals surface area contributed by atoms with Crippen molar-refractivity contribution in [1.29, 1.82) is 0 Å². The lowest BCUT2D eigenvalue weighted by Crippen LogP contribution is -2.38. The van der Waals surface area contributed by atoms with Gasteiger partial charge in [0, 0.05) is 6.54 Å².